The second-order valence-corrected chi connectivity index (χ2v) is 9.89. The van der Waals surface area contributed by atoms with Gasteiger partial charge in [-0.3, -0.25) is 9.59 Å². The number of morpholine rings is 1. The normalized spacial score (nSPS) is 18.3. The topological polar surface area (TPSA) is 89.4 Å². The summed E-state index contributed by atoms with van der Waals surface area (Å²) in [5.41, 5.74) is 3.18. The number of benzene rings is 2. The van der Waals surface area contributed by atoms with E-state index in [4.69, 9.17) is 14.5 Å². The number of aryl methyl sites for hydroxylation is 1. The molecule has 2 aromatic carbocycles. The second-order valence-electron chi connectivity index (χ2n) is 8.95. The van der Waals surface area contributed by atoms with Crippen LogP contribution in [0.1, 0.15) is 19.4 Å². The van der Waals surface area contributed by atoms with Gasteiger partial charge in [-0.2, -0.15) is 0 Å². The van der Waals surface area contributed by atoms with Gasteiger partial charge < -0.3 is 19.4 Å². The Labute approximate surface area is 207 Å². The van der Waals surface area contributed by atoms with E-state index >= 15 is 0 Å². The van der Waals surface area contributed by atoms with E-state index in [0.29, 0.717) is 40.7 Å². The van der Waals surface area contributed by atoms with Crippen molar-refractivity contribution in [3.05, 3.63) is 58.4 Å². The molecule has 1 amide bonds. The number of hydrogen-bond acceptors (Lipinski definition) is 6. The zero-order valence-electron chi connectivity index (χ0n) is 20.2. The van der Waals surface area contributed by atoms with Gasteiger partial charge in [0.05, 0.1) is 30.8 Å². The van der Waals surface area contributed by atoms with E-state index in [9.17, 15) is 9.59 Å². The molecule has 0 radical (unpaired) electrons. The molecule has 2 atom stereocenters. The summed E-state index contributed by atoms with van der Waals surface area (Å²) >= 11 is 1.26. The van der Waals surface area contributed by atoms with Gasteiger partial charge in [0.1, 0.15) is 16.8 Å². The number of ether oxygens (including phenoxy) is 2. The quantitative estimate of drug-likeness (QED) is 0.336. The van der Waals surface area contributed by atoms with Gasteiger partial charge in [0.25, 0.3) is 5.56 Å². The highest BCUT2D eigenvalue weighted by molar-refractivity contribution is 7.99. The Morgan fingerprint density at radius 3 is 2.69 bits per heavy atom. The number of H-pyrrole nitrogens is 1. The Morgan fingerprint density at radius 2 is 1.94 bits per heavy atom. The molecule has 0 spiro atoms. The van der Waals surface area contributed by atoms with Crippen LogP contribution in [-0.4, -0.2) is 63.5 Å². The first kappa shape index (κ1) is 23.4. The van der Waals surface area contributed by atoms with Crippen molar-refractivity contribution in [3.63, 3.8) is 0 Å². The number of para-hydroxylation sites is 1. The molecule has 0 bridgehead atoms. The van der Waals surface area contributed by atoms with Crippen LogP contribution in [0, 0.1) is 6.92 Å². The average molecular weight is 493 g/mol. The minimum absolute atomic E-state index is 0.00645. The zero-order chi connectivity index (χ0) is 24.7. The van der Waals surface area contributed by atoms with E-state index in [0.717, 1.165) is 16.5 Å². The van der Waals surface area contributed by atoms with Crippen LogP contribution in [0.5, 0.6) is 5.75 Å². The number of amides is 1. The first-order chi connectivity index (χ1) is 16.9. The van der Waals surface area contributed by atoms with Crippen LogP contribution in [0.15, 0.2) is 52.4 Å². The van der Waals surface area contributed by atoms with Crippen LogP contribution in [-0.2, 0) is 9.53 Å². The predicted octanol–water partition coefficient (Wildman–Crippen LogP) is 3.91. The Morgan fingerprint density at radius 1 is 1.20 bits per heavy atom. The molecule has 1 aliphatic heterocycles. The standard InChI is InChI=1S/C26H28N4O4S/c1-15-9-10-21(33-4)20(11-15)30-25(32)24-23(18-7-5-6-8-19(18)27-24)28-26(30)35-14-22(31)29-12-16(2)34-17(3)13-29/h5-11,16-17,27H,12-14H2,1-4H3. The molecule has 5 rings (SSSR count). The fourth-order valence-electron chi connectivity index (χ4n) is 4.63. The highest BCUT2D eigenvalue weighted by Crippen LogP contribution is 2.30. The molecule has 4 aromatic rings. The molecule has 35 heavy (non-hydrogen) atoms. The molecule has 1 fully saturated rings. The minimum atomic E-state index is -0.237. The van der Waals surface area contributed by atoms with Gasteiger partial charge in [0.15, 0.2) is 5.16 Å². The number of methoxy groups -OCH3 is 1. The first-order valence-electron chi connectivity index (χ1n) is 11.6. The van der Waals surface area contributed by atoms with Crippen molar-refractivity contribution in [3.8, 4) is 11.4 Å². The number of aromatic amines is 1. The molecule has 0 aliphatic carbocycles. The van der Waals surface area contributed by atoms with Crippen LogP contribution in [0.25, 0.3) is 27.6 Å². The lowest BCUT2D eigenvalue weighted by atomic mass is 10.2. The average Bonchev–Trinajstić information content (AvgIpc) is 3.21. The summed E-state index contributed by atoms with van der Waals surface area (Å²) in [4.78, 5) is 36.9. The van der Waals surface area contributed by atoms with Gasteiger partial charge in [0.2, 0.25) is 5.91 Å². The zero-order valence-corrected chi connectivity index (χ0v) is 21.0. The number of nitrogens with one attached hydrogen (secondary N) is 1. The molecular formula is C26H28N4O4S. The van der Waals surface area contributed by atoms with Gasteiger partial charge in [-0.05, 0) is 44.5 Å². The summed E-state index contributed by atoms with van der Waals surface area (Å²) in [7, 11) is 1.57. The summed E-state index contributed by atoms with van der Waals surface area (Å²) in [6.45, 7) is 7.00. The van der Waals surface area contributed by atoms with Crippen molar-refractivity contribution in [2.75, 3.05) is 26.0 Å². The Hall–Kier alpha value is -3.30. The predicted molar refractivity (Wildman–Crippen MR) is 138 cm³/mol. The van der Waals surface area contributed by atoms with E-state index in [1.807, 2.05) is 68.1 Å². The van der Waals surface area contributed by atoms with Crippen LogP contribution in [0.2, 0.25) is 0 Å². The van der Waals surface area contributed by atoms with Crippen LogP contribution in [0.3, 0.4) is 0 Å². The molecule has 1 N–H and O–H groups in total. The molecule has 9 heteroatoms. The first-order valence-corrected chi connectivity index (χ1v) is 12.6. The fraction of sp³-hybridized carbons (Fsp3) is 0.346. The summed E-state index contributed by atoms with van der Waals surface area (Å²) in [5.74, 6) is 0.709. The summed E-state index contributed by atoms with van der Waals surface area (Å²) in [6, 6.07) is 13.4. The third-order valence-electron chi connectivity index (χ3n) is 6.17. The van der Waals surface area contributed by atoms with Crippen molar-refractivity contribution < 1.29 is 14.3 Å². The lowest BCUT2D eigenvalue weighted by Gasteiger charge is -2.35. The molecular weight excluding hydrogens is 464 g/mol. The van der Waals surface area contributed by atoms with E-state index < -0.39 is 0 Å². The third kappa shape index (κ3) is 4.41. The highest BCUT2D eigenvalue weighted by atomic mass is 32.2. The maximum Gasteiger partial charge on any atom is 0.283 e. The van der Waals surface area contributed by atoms with Crippen molar-refractivity contribution in [2.24, 2.45) is 0 Å². The van der Waals surface area contributed by atoms with Gasteiger partial charge in [-0.1, -0.05) is 36.0 Å². The summed E-state index contributed by atoms with van der Waals surface area (Å²) in [6.07, 6.45) is -0.0220. The number of aromatic nitrogens is 3. The van der Waals surface area contributed by atoms with E-state index in [1.54, 1.807) is 11.7 Å². The maximum atomic E-state index is 13.8. The van der Waals surface area contributed by atoms with Crippen LogP contribution in [0.4, 0.5) is 0 Å². The smallest absolute Gasteiger partial charge is 0.283 e. The number of carbonyl (C=O) groups is 1. The maximum absolute atomic E-state index is 13.8. The molecule has 182 valence electrons. The van der Waals surface area contributed by atoms with Crippen LogP contribution < -0.4 is 10.3 Å². The lowest BCUT2D eigenvalue weighted by molar-refractivity contribution is -0.140. The minimum Gasteiger partial charge on any atom is -0.495 e. The Balaban J connectivity index is 1.62. The Kier molecular flexibility index (Phi) is 6.29. The number of thioether (sulfide) groups is 1. The summed E-state index contributed by atoms with van der Waals surface area (Å²) < 4.78 is 12.9. The highest BCUT2D eigenvalue weighted by Gasteiger charge is 2.27. The van der Waals surface area contributed by atoms with E-state index in [1.165, 1.54) is 11.8 Å². The molecule has 0 saturated carbocycles. The number of nitrogens with zero attached hydrogens (tertiary/aromatic N) is 3. The van der Waals surface area contributed by atoms with Gasteiger partial charge >= 0.3 is 0 Å². The SMILES string of the molecule is COc1ccc(C)cc1-n1c(SCC(=O)N2CC(C)OC(C)C2)nc2c([nH]c3ccccc32)c1=O. The van der Waals surface area contributed by atoms with E-state index in [2.05, 4.69) is 4.98 Å². The van der Waals surface area contributed by atoms with Gasteiger partial charge in [0, 0.05) is 24.0 Å². The molecule has 1 saturated heterocycles. The van der Waals surface area contributed by atoms with Crippen molar-refractivity contribution in [1.82, 2.24) is 19.4 Å². The van der Waals surface area contributed by atoms with Crippen molar-refractivity contribution in [2.45, 2.75) is 38.1 Å². The molecule has 3 heterocycles. The lowest BCUT2D eigenvalue weighted by Crippen LogP contribution is -2.48. The molecule has 8 nitrogen and oxygen atoms in total. The fourth-order valence-corrected chi connectivity index (χ4v) is 5.53. The van der Waals surface area contributed by atoms with Crippen molar-refractivity contribution >= 4 is 39.6 Å². The van der Waals surface area contributed by atoms with Crippen LogP contribution >= 0.6 is 11.8 Å². The van der Waals surface area contributed by atoms with Gasteiger partial charge in [-0.15, -0.1) is 0 Å². The van der Waals surface area contributed by atoms with Gasteiger partial charge in [-0.25, -0.2) is 9.55 Å². The third-order valence-corrected chi connectivity index (χ3v) is 7.09. The summed E-state index contributed by atoms with van der Waals surface area (Å²) in [5, 5.41) is 1.31. The monoisotopic (exact) mass is 492 g/mol. The number of carbonyl (C=O) groups excluding carboxylic acids is 1. The molecule has 1 aliphatic rings. The number of rotatable bonds is 5. The molecule has 2 aromatic heterocycles. The Bertz CT molecular complexity index is 1470. The molecule has 2 unspecified atom stereocenters. The number of hydrogen-bond donors (Lipinski definition) is 1. The second kappa shape index (κ2) is 9.39. The number of fused-ring (bicyclic) bond motifs is 3. The van der Waals surface area contributed by atoms with Crippen molar-refractivity contribution in [1.29, 1.82) is 0 Å². The van der Waals surface area contributed by atoms with E-state index in [-0.39, 0.29) is 29.4 Å². The largest absolute Gasteiger partial charge is 0.495 e.